The number of carbonyl (C=O) groups is 2. The van der Waals surface area contributed by atoms with Crippen LogP contribution in [0.15, 0.2) is 0 Å². The molecule has 21 heavy (non-hydrogen) atoms. The first-order chi connectivity index (χ1) is 10.0. The molecule has 0 aromatic heterocycles. The Morgan fingerprint density at radius 3 is 2.29 bits per heavy atom. The highest BCUT2D eigenvalue weighted by Gasteiger charge is 2.35. The summed E-state index contributed by atoms with van der Waals surface area (Å²) in [4.78, 5) is 25.3. The van der Waals surface area contributed by atoms with Crippen molar-refractivity contribution in [3.63, 3.8) is 0 Å². The second-order valence-electron chi connectivity index (χ2n) is 6.61. The minimum absolute atomic E-state index is 0.0255. The summed E-state index contributed by atoms with van der Waals surface area (Å²) in [6.45, 7) is 2.01. The van der Waals surface area contributed by atoms with Crippen molar-refractivity contribution < 1.29 is 9.59 Å². The Morgan fingerprint density at radius 1 is 1.14 bits per heavy atom. The van der Waals surface area contributed by atoms with Gasteiger partial charge in [-0.1, -0.05) is 19.3 Å². The molecule has 1 aliphatic carbocycles. The van der Waals surface area contributed by atoms with Crippen molar-refractivity contribution in [3.05, 3.63) is 0 Å². The Bertz CT molecular complexity index is 372. The molecule has 6 nitrogen and oxygen atoms in total. The van der Waals surface area contributed by atoms with E-state index in [4.69, 9.17) is 11.5 Å². The molecule has 120 valence electrons. The van der Waals surface area contributed by atoms with Crippen LogP contribution in [-0.2, 0) is 4.79 Å². The van der Waals surface area contributed by atoms with E-state index in [1.165, 1.54) is 19.3 Å². The van der Waals surface area contributed by atoms with E-state index in [0.29, 0.717) is 26.1 Å². The predicted molar refractivity (Wildman–Crippen MR) is 81.5 cm³/mol. The van der Waals surface area contributed by atoms with Crippen LogP contribution in [-0.4, -0.2) is 42.5 Å². The zero-order valence-corrected chi connectivity index (χ0v) is 12.8. The van der Waals surface area contributed by atoms with E-state index >= 15 is 0 Å². The SMILES string of the molecule is NCC1(CC(=O)N2CCC(NC(N)=O)CC2)CCCCC1. The minimum atomic E-state index is -0.482. The van der Waals surface area contributed by atoms with E-state index in [9.17, 15) is 9.59 Å². The van der Waals surface area contributed by atoms with Gasteiger partial charge in [0, 0.05) is 25.6 Å². The number of urea groups is 1. The maximum atomic E-state index is 12.5. The third kappa shape index (κ3) is 4.33. The average Bonchev–Trinajstić information content (AvgIpc) is 2.48. The van der Waals surface area contributed by atoms with Gasteiger partial charge >= 0.3 is 6.03 Å². The van der Waals surface area contributed by atoms with Gasteiger partial charge in [-0.25, -0.2) is 4.79 Å². The van der Waals surface area contributed by atoms with Crippen molar-refractivity contribution in [1.82, 2.24) is 10.2 Å². The highest BCUT2D eigenvalue weighted by Crippen LogP contribution is 2.38. The lowest BCUT2D eigenvalue weighted by atomic mass is 9.71. The van der Waals surface area contributed by atoms with Gasteiger partial charge in [0.1, 0.15) is 0 Å². The molecule has 2 aliphatic rings. The van der Waals surface area contributed by atoms with Crippen LogP contribution in [0, 0.1) is 5.41 Å². The second kappa shape index (κ2) is 7.11. The maximum Gasteiger partial charge on any atom is 0.312 e. The lowest BCUT2D eigenvalue weighted by Crippen LogP contribution is -2.49. The number of carbonyl (C=O) groups excluding carboxylic acids is 2. The summed E-state index contributed by atoms with van der Waals surface area (Å²) in [5, 5.41) is 2.72. The molecule has 0 aromatic rings. The molecule has 0 spiro atoms. The first kappa shape index (κ1) is 16.1. The number of primary amides is 1. The second-order valence-corrected chi connectivity index (χ2v) is 6.61. The van der Waals surface area contributed by atoms with E-state index in [-0.39, 0.29) is 17.4 Å². The molecule has 1 saturated carbocycles. The van der Waals surface area contributed by atoms with Gasteiger partial charge in [-0.15, -0.1) is 0 Å². The molecular weight excluding hydrogens is 268 g/mol. The van der Waals surface area contributed by atoms with Gasteiger partial charge in [-0.3, -0.25) is 4.79 Å². The highest BCUT2D eigenvalue weighted by molar-refractivity contribution is 5.77. The third-order valence-electron chi connectivity index (χ3n) is 5.07. The van der Waals surface area contributed by atoms with Crippen molar-refractivity contribution in [2.45, 2.75) is 57.4 Å². The summed E-state index contributed by atoms with van der Waals surface area (Å²) in [6, 6.07) is -0.381. The summed E-state index contributed by atoms with van der Waals surface area (Å²) in [5.41, 5.74) is 11.1. The number of hydrogen-bond donors (Lipinski definition) is 3. The number of piperidine rings is 1. The molecule has 2 rings (SSSR count). The molecule has 0 radical (unpaired) electrons. The van der Waals surface area contributed by atoms with E-state index in [2.05, 4.69) is 5.32 Å². The van der Waals surface area contributed by atoms with Crippen LogP contribution in [0.3, 0.4) is 0 Å². The molecule has 5 N–H and O–H groups in total. The van der Waals surface area contributed by atoms with E-state index in [0.717, 1.165) is 25.7 Å². The molecule has 3 amide bonds. The largest absolute Gasteiger partial charge is 0.352 e. The topological polar surface area (TPSA) is 101 Å². The minimum Gasteiger partial charge on any atom is -0.352 e. The van der Waals surface area contributed by atoms with Crippen LogP contribution >= 0.6 is 0 Å². The number of nitrogens with two attached hydrogens (primary N) is 2. The van der Waals surface area contributed by atoms with Gasteiger partial charge in [-0.2, -0.15) is 0 Å². The molecule has 6 heteroatoms. The fourth-order valence-corrected chi connectivity index (χ4v) is 3.66. The Balaban J connectivity index is 1.82. The van der Waals surface area contributed by atoms with Crippen LogP contribution in [0.2, 0.25) is 0 Å². The van der Waals surface area contributed by atoms with Crippen LogP contribution in [0.1, 0.15) is 51.4 Å². The van der Waals surface area contributed by atoms with Crippen LogP contribution < -0.4 is 16.8 Å². The number of amides is 3. The molecule has 1 saturated heterocycles. The number of hydrogen-bond acceptors (Lipinski definition) is 3. The number of rotatable bonds is 4. The highest BCUT2D eigenvalue weighted by atomic mass is 16.2. The summed E-state index contributed by atoms with van der Waals surface area (Å²) in [7, 11) is 0. The van der Waals surface area contributed by atoms with Gasteiger partial charge in [0.15, 0.2) is 0 Å². The quantitative estimate of drug-likeness (QED) is 0.719. The van der Waals surface area contributed by atoms with Crippen LogP contribution in [0.5, 0.6) is 0 Å². The van der Waals surface area contributed by atoms with Crippen molar-refractivity contribution >= 4 is 11.9 Å². The average molecular weight is 296 g/mol. The predicted octanol–water partition coefficient (Wildman–Crippen LogP) is 0.945. The molecule has 0 unspecified atom stereocenters. The van der Waals surface area contributed by atoms with Gasteiger partial charge in [0.25, 0.3) is 0 Å². The lowest BCUT2D eigenvalue weighted by Gasteiger charge is -2.39. The lowest BCUT2D eigenvalue weighted by molar-refractivity contribution is -0.135. The maximum absolute atomic E-state index is 12.5. The van der Waals surface area contributed by atoms with Gasteiger partial charge in [-0.05, 0) is 37.6 Å². The van der Waals surface area contributed by atoms with Gasteiger partial charge < -0.3 is 21.7 Å². The van der Waals surface area contributed by atoms with Gasteiger partial charge in [0.2, 0.25) is 5.91 Å². The Hall–Kier alpha value is -1.30. The first-order valence-corrected chi connectivity index (χ1v) is 8.08. The first-order valence-electron chi connectivity index (χ1n) is 8.08. The number of likely N-dealkylation sites (tertiary alicyclic amines) is 1. The monoisotopic (exact) mass is 296 g/mol. The fraction of sp³-hybridized carbons (Fsp3) is 0.867. The Morgan fingerprint density at radius 2 is 1.76 bits per heavy atom. The number of nitrogens with zero attached hydrogens (tertiary/aromatic N) is 1. The van der Waals surface area contributed by atoms with E-state index in [1.807, 2.05) is 4.90 Å². The Kier molecular flexibility index (Phi) is 5.45. The zero-order valence-electron chi connectivity index (χ0n) is 12.8. The summed E-state index contributed by atoms with van der Waals surface area (Å²) >= 11 is 0. The molecular formula is C15H28N4O2. The van der Waals surface area contributed by atoms with Crippen molar-refractivity contribution in [3.8, 4) is 0 Å². The molecule has 1 aliphatic heterocycles. The van der Waals surface area contributed by atoms with E-state index < -0.39 is 6.03 Å². The van der Waals surface area contributed by atoms with Gasteiger partial charge in [0.05, 0.1) is 0 Å². The molecule has 1 heterocycles. The van der Waals surface area contributed by atoms with Crippen molar-refractivity contribution in [1.29, 1.82) is 0 Å². The molecule has 0 aromatic carbocycles. The molecule has 0 bridgehead atoms. The Labute approximate surface area is 126 Å². The standard InChI is InChI=1S/C15H28N4O2/c16-11-15(6-2-1-3-7-15)10-13(20)19-8-4-12(5-9-19)18-14(17)21/h12H,1-11,16H2,(H3,17,18,21). The summed E-state index contributed by atoms with van der Waals surface area (Å²) in [5.74, 6) is 0.222. The molecule has 0 atom stereocenters. The zero-order chi connectivity index (χ0) is 15.3. The summed E-state index contributed by atoms with van der Waals surface area (Å²) < 4.78 is 0. The number of nitrogens with one attached hydrogen (secondary N) is 1. The third-order valence-corrected chi connectivity index (χ3v) is 5.07. The van der Waals surface area contributed by atoms with Crippen LogP contribution in [0.25, 0.3) is 0 Å². The van der Waals surface area contributed by atoms with Crippen LogP contribution in [0.4, 0.5) is 4.79 Å². The smallest absolute Gasteiger partial charge is 0.312 e. The molecule has 2 fully saturated rings. The van der Waals surface area contributed by atoms with E-state index in [1.54, 1.807) is 0 Å². The van der Waals surface area contributed by atoms with Crippen molar-refractivity contribution in [2.24, 2.45) is 16.9 Å². The summed E-state index contributed by atoms with van der Waals surface area (Å²) in [6.07, 6.45) is 7.94. The normalized spacial score (nSPS) is 22.8. The fourth-order valence-electron chi connectivity index (χ4n) is 3.66. The van der Waals surface area contributed by atoms with Crippen molar-refractivity contribution in [2.75, 3.05) is 19.6 Å².